The maximum atomic E-state index is 11.8. The van der Waals surface area contributed by atoms with Crippen LogP contribution in [0.15, 0.2) is 12.2 Å². The molecule has 0 aromatic heterocycles. The highest BCUT2D eigenvalue weighted by Crippen LogP contribution is 2.35. The summed E-state index contributed by atoms with van der Waals surface area (Å²) in [5, 5.41) is 2.65. The predicted octanol–water partition coefficient (Wildman–Crippen LogP) is 4.58. The summed E-state index contributed by atoms with van der Waals surface area (Å²) in [4.78, 5) is 29.2. The smallest absolute Gasteiger partial charge is 0.350 e. The van der Waals surface area contributed by atoms with E-state index in [9.17, 15) is 9.36 Å². The van der Waals surface area contributed by atoms with Crippen LogP contribution in [0.1, 0.15) is 96.8 Å². The summed E-state index contributed by atoms with van der Waals surface area (Å²) in [5.41, 5.74) is 5.48. The SMILES string of the molecule is CCCCCCCCC=CCCCCCCCC(=O)N[C@H](CN)COP(=O)(O)O. The molecule has 0 radical (unpaired) electrons. The van der Waals surface area contributed by atoms with Gasteiger partial charge in [0.25, 0.3) is 0 Å². The lowest BCUT2D eigenvalue weighted by molar-refractivity contribution is -0.122. The Balaban J connectivity index is 3.49. The van der Waals surface area contributed by atoms with Crippen LogP contribution in [0, 0.1) is 0 Å². The second-order valence-electron chi connectivity index (χ2n) is 7.62. The van der Waals surface area contributed by atoms with Crippen molar-refractivity contribution in [2.45, 2.75) is 103 Å². The Labute approximate surface area is 177 Å². The van der Waals surface area contributed by atoms with Crippen LogP contribution in [-0.2, 0) is 13.9 Å². The monoisotopic (exact) mass is 434 g/mol. The molecule has 172 valence electrons. The van der Waals surface area contributed by atoms with Gasteiger partial charge in [-0.05, 0) is 32.1 Å². The summed E-state index contributed by atoms with van der Waals surface area (Å²) in [6.45, 7) is 2.02. The van der Waals surface area contributed by atoms with Gasteiger partial charge in [0.2, 0.25) is 5.91 Å². The van der Waals surface area contributed by atoms with E-state index in [4.69, 9.17) is 15.5 Å². The number of unbranched alkanes of at least 4 members (excludes halogenated alkanes) is 11. The van der Waals surface area contributed by atoms with Crippen molar-refractivity contribution in [3.63, 3.8) is 0 Å². The van der Waals surface area contributed by atoms with E-state index in [2.05, 4.69) is 28.9 Å². The van der Waals surface area contributed by atoms with Crippen LogP contribution in [-0.4, -0.2) is 34.9 Å². The fraction of sp³-hybridized carbons (Fsp3) is 0.857. The van der Waals surface area contributed by atoms with E-state index in [0.29, 0.717) is 6.42 Å². The van der Waals surface area contributed by atoms with E-state index in [1.165, 1.54) is 57.8 Å². The second-order valence-corrected chi connectivity index (χ2v) is 8.86. The molecule has 29 heavy (non-hydrogen) atoms. The van der Waals surface area contributed by atoms with Gasteiger partial charge >= 0.3 is 7.82 Å². The highest BCUT2D eigenvalue weighted by atomic mass is 31.2. The molecule has 0 rings (SSSR count). The Morgan fingerprint density at radius 1 is 0.966 bits per heavy atom. The number of nitrogens with two attached hydrogens (primary N) is 1. The van der Waals surface area contributed by atoms with Gasteiger partial charge in [-0.15, -0.1) is 0 Å². The molecule has 0 aliphatic heterocycles. The summed E-state index contributed by atoms with van der Waals surface area (Å²) < 4.78 is 15.1. The number of nitrogens with one attached hydrogen (secondary N) is 1. The Hall–Kier alpha value is -0.720. The first-order valence-electron chi connectivity index (χ1n) is 11.2. The van der Waals surface area contributed by atoms with Crippen molar-refractivity contribution in [2.75, 3.05) is 13.2 Å². The number of amides is 1. The number of carbonyl (C=O) groups is 1. The molecule has 0 aromatic rings. The molecule has 0 saturated carbocycles. The third-order valence-corrected chi connectivity index (χ3v) is 5.24. The van der Waals surface area contributed by atoms with Gasteiger partial charge in [-0.1, -0.05) is 70.4 Å². The van der Waals surface area contributed by atoms with Gasteiger partial charge < -0.3 is 20.8 Å². The number of carbonyl (C=O) groups excluding carboxylic acids is 1. The summed E-state index contributed by atoms with van der Waals surface area (Å²) >= 11 is 0. The highest BCUT2D eigenvalue weighted by Gasteiger charge is 2.18. The minimum Gasteiger partial charge on any atom is -0.350 e. The number of phosphoric acid groups is 1. The van der Waals surface area contributed by atoms with Crippen LogP contribution >= 0.6 is 7.82 Å². The first-order chi connectivity index (χ1) is 13.9. The predicted molar refractivity (Wildman–Crippen MR) is 118 cm³/mol. The molecule has 1 atom stereocenters. The normalized spacial score (nSPS) is 13.1. The quantitative estimate of drug-likeness (QED) is 0.126. The zero-order valence-electron chi connectivity index (χ0n) is 18.2. The molecule has 0 aliphatic carbocycles. The minimum absolute atomic E-state index is 0.0676. The van der Waals surface area contributed by atoms with Crippen molar-refractivity contribution >= 4 is 13.7 Å². The molecule has 0 bridgehead atoms. The number of phosphoric ester groups is 1. The van der Waals surface area contributed by atoms with E-state index >= 15 is 0 Å². The van der Waals surface area contributed by atoms with Crippen molar-refractivity contribution in [2.24, 2.45) is 5.73 Å². The third-order valence-electron chi connectivity index (χ3n) is 4.76. The van der Waals surface area contributed by atoms with Crippen LogP contribution in [0.3, 0.4) is 0 Å². The van der Waals surface area contributed by atoms with Gasteiger partial charge in [-0.25, -0.2) is 4.57 Å². The Bertz CT molecular complexity index is 468. The van der Waals surface area contributed by atoms with E-state index in [1.54, 1.807) is 0 Å². The van der Waals surface area contributed by atoms with E-state index in [1.807, 2.05) is 0 Å². The maximum absolute atomic E-state index is 11.8. The molecular weight excluding hydrogens is 391 g/mol. The average molecular weight is 435 g/mol. The fourth-order valence-electron chi connectivity index (χ4n) is 3.01. The number of hydrogen-bond donors (Lipinski definition) is 4. The standard InChI is InChI=1S/C21H43N2O5P/c1-2-3-4-5-6-7-8-9-10-11-12-13-14-15-16-17-21(24)23-20(18-22)19-28-29(25,26)27/h9-10,20H,2-8,11-19,22H2,1H3,(H,23,24)(H2,25,26,27)/t20-/m1/s1. The second kappa shape index (κ2) is 19.3. The zero-order valence-corrected chi connectivity index (χ0v) is 19.1. The van der Waals surface area contributed by atoms with Gasteiger partial charge in [0, 0.05) is 13.0 Å². The molecular formula is C21H43N2O5P. The largest absolute Gasteiger partial charge is 0.469 e. The van der Waals surface area contributed by atoms with Crippen LogP contribution in [0.4, 0.5) is 0 Å². The molecule has 7 nitrogen and oxygen atoms in total. The van der Waals surface area contributed by atoms with Crippen LogP contribution in [0.2, 0.25) is 0 Å². The number of hydrogen-bond acceptors (Lipinski definition) is 4. The lowest BCUT2D eigenvalue weighted by Crippen LogP contribution is -2.43. The Kier molecular flexibility index (Phi) is 18.8. The minimum atomic E-state index is -4.54. The third kappa shape index (κ3) is 21.8. The maximum Gasteiger partial charge on any atom is 0.469 e. The van der Waals surface area contributed by atoms with Gasteiger partial charge in [0.15, 0.2) is 0 Å². The molecule has 0 aromatic carbocycles. The molecule has 0 unspecified atom stereocenters. The molecule has 8 heteroatoms. The molecule has 0 aliphatic rings. The molecule has 1 amide bonds. The lowest BCUT2D eigenvalue weighted by Gasteiger charge is -2.17. The summed E-state index contributed by atoms with van der Waals surface area (Å²) in [6.07, 6.45) is 20.7. The van der Waals surface area contributed by atoms with E-state index in [0.717, 1.165) is 25.7 Å². The van der Waals surface area contributed by atoms with Crippen molar-refractivity contribution in [3.8, 4) is 0 Å². The summed E-state index contributed by atoms with van der Waals surface area (Å²) in [6, 6.07) is -0.585. The van der Waals surface area contributed by atoms with Crippen LogP contribution in [0.25, 0.3) is 0 Å². The first-order valence-corrected chi connectivity index (χ1v) is 12.8. The average Bonchev–Trinajstić information content (AvgIpc) is 2.67. The fourth-order valence-corrected chi connectivity index (χ4v) is 3.39. The summed E-state index contributed by atoms with van der Waals surface area (Å²) in [7, 11) is -4.54. The lowest BCUT2D eigenvalue weighted by atomic mass is 10.1. The van der Waals surface area contributed by atoms with Gasteiger partial charge in [-0.2, -0.15) is 0 Å². The Morgan fingerprint density at radius 2 is 1.48 bits per heavy atom. The van der Waals surface area contributed by atoms with Crippen molar-refractivity contribution in [1.29, 1.82) is 0 Å². The van der Waals surface area contributed by atoms with Crippen molar-refractivity contribution < 1.29 is 23.7 Å². The topological polar surface area (TPSA) is 122 Å². The van der Waals surface area contributed by atoms with Gasteiger partial charge in [-0.3, -0.25) is 9.32 Å². The van der Waals surface area contributed by atoms with E-state index in [-0.39, 0.29) is 19.1 Å². The first kappa shape index (κ1) is 28.3. The number of rotatable bonds is 20. The zero-order chi connectivity index (χ0) is 21.8. The number of allylic oxidation sites excluding steroid dienone is 2. The van der Waals surface area contributed by atoms with Crippen LogP contribution in [0.5, 0.6) is 0 Å². The van der Waals surface area contributed by atoms with Gasteiger partial charge in [0.05, 0.1) is 12.6 Å². The van der Waals surface area contributed by atoms with E-state index < -0.39 is 13.9 Å². The summed E-state index contributed by atoms with van der Waals surface area (Å²) in [5.74, 6) is -0.160. The molecule has 0 fully saturated rings. The molecule has 0 spiro atoms. The Morgan fingerprint density at radius 3 is 2.00 bits per heavy atom. The molecule has 0 heterocycles. The molecule has 0 saturated heterocycles. The highest BCUT2D eigenvalue weighted by molar-refractivity contribution is 7.46. The van der Waals surface area contributed by atoms with Crippen molar-refractivity contribution in [1.82, 2.24) is 5.32 Å². The van der Waals surface area contributed by atoms with Crippen LogP contribution < -0.4 is 11.1 Å². The molecule has 5 N–H and O–H groups in total. The van der Waals surface area contributed by atoms with Gasteiger partial charge in [0.1, 0.15) is 0 Å². The van der Waals surface area contributed by atoms with Crippen molar-refractivity contribution in [3.05, 3.63) is 12.2 Å².